The summed E-state index contributed by atoms with van der Waals surface area (Å²) < 4.78 is 16.9. The van der Waals surface area contributed by atoms with Crippen LogP contribution in [0, 0.1) is 5.41 Å². The van der Waals surface area contributed by atoms with Gasteiger partial charge in [0.05, 0.1) is 19.8 Å². The number of aliphatic hydroxyl groups excluding tert-OH is 4. The summed E-state index contributed by atoms with van der Waals surface area (Å²) in [6, 6.07) is 13.0. The lowest BCUT2D eigenvalue weighted by Crippen LogP contribution is -2.55. The molecule has 2 aliphatic heterocycles. The van der Waals surface area contributed by atoms with Crippen LogP contribution in [0.3, 0.4) is 0 Å². The molecule has 0 saturated carbocycles. The molecular weight excluding hydrogens is 542 g/mol. The molecule has 0 unspecified atom stereocenters. The van der Waals surface area contributed by atoms with Crippen LogP contribution in [0.15, 0.2) is 47.5 Å². The van der Waals surface area contributed by atoms with Crippen molar-refractivity contribution in [3.8, 4) is 5.75 Å². The quantitative estimate of drug-likeness (QED) is 0.185. The lowest BCUT2D eigenvalue weighted by atomic mass is 9.90. The zero-order chi connectivity index (χ0) is 29.4. The minimum atomic E-state index is -1.42. The fourth-order valence-corrected chi connectivity index (χ4v) is 4.39. The van der Waals surface area contributed by atoms with Crippen LogP contribution in [-0.2, 0) is 15.9 Å². The normalized spacial score (nSPS) is 25.9. The molecule has 0 aromatic heterocycles. The van der Waals surface area contributed by atoms with Crippen LogP contribution in [0.4, 0.5) is 0 Å². The maximum atomic E-state index is 10.4. The van der Waals surface area contributed by atoms with E-state index >= 15 is 0 Å². The minimum absolute atomic E-state index is 0.0509. The van der Waals surface area contributed by atoms with E-state index in [0.717, 1.165) is 29.9 Å². The van der Waals surface area contributed by atoms with Gasteiger partial charge in [0.25, 0.3) is 0 Å². The van der Waals surface area contributed by atoms with Gasteiger partial charge >= 0.3 is 0 Å². The molecule has 13 heteroatoms. The number of aliphatic imine (C=N–C) groups is 1. The van der Waals surface area contributed by atoms with Gasteiger partial charge in [-0.15, -0.1) is 0 Å². The van der Waals surface area contributed by atoms with Gasteiger partial charge in [-0.2, -0.15) is 4.99 Å². The van der Waals surface area contributed by atoms with E-state index < -0.39 is 37.1 Å². The first-order valence-corrected chi connectivity index (χ1v) is 13.2. The molecule has 6 atom stereocenters. The van der Waals surface area contributed by atoms with Crippen LogP contribution in [0.1, 0.15) is 29.2 Å². The van der Waals surface area contributed by atoms with Gasteiger partial charge in [0.2, 0.25) is 5.96 Å². The molecular formula is C27H38ClN5O7. The first-order chi connectivity index (χ1) is 19.0. The summed E-state index contributed by atoms with van der Waals surface area (Å²) in [4.78, 5) is 4.96. The van der Waals surface area contributed by atoms with Crippen LogP contribution in [0.2, 0.25) is 5.02 Å². The fraction of sp³-hybridized carbons (Fsp3) is 0.481. The summed E-state index contributed by atoms with van der Waals surface area (Å²) in [5, 5.41) is 47.5. The summed E-state index contributed by atoms with van der Waals surface area (Å²) in [6.45, 7) is 0.872. The van der Waals surface area contributed by atoms with Crippen LogP contribution in [0.5, 0.6) is 5.75 Å². The standard InChI is InChI=1S/C23H27ClO7.C4H11N5/c24-18-6-3-14(23-22(28)21(27)20(26)19(11-25)31-23)10-15(18)9-13-1-4-16(5-2-13)30-17-7-8-29-12-17;1-9(2)4(7)8-3(5)6/h1-6,10,17,19-23,25-28H,7-9,11-12H2;1-2H3,(H5,5,6,7,8)/t17-,19+,20+,21-,22+,23-;/m0./s1. The number of nitrogens with one attached hydrogen (secondary N) is 1. The van der Waals surface area contributed by atoms with Gasteiger partial charge in [0.1, 0.15) is 42.4 Å². The third-order valence-corrected chi connectivity index (χ3v) is 6.83. The molecule has 9 N–H and O–H groups in total. The first kappa shape index (κ1) is 31.6. The van der Waals surface area contributed by atoms with Gasteiger partial charge < -0.3 is 51.0 Å². The van der Waals surface area contributed by atoms with Crippen molar-refractivity contribution in [1.29, 1.82) is 5.41 Å². The molecule has 220 valence electrons. The summed E-state index contributed by atoms with van der Waals surface area (Å²) in [7, 11) is 3.38. The summed E-state index contributed by atoms with van der Waals surface area (Å²) in [5.41, 5.74) is 12.4. The van der Waals surface area contributed by atoms with E-state index in [0.29, 0.717) is 23.6 Å². The highest BCUT2D eigenvalue weighted by atomic mass is 35.5. The van der Waals surface area contributed by atoms with Crippen molar-refractivity contribution < 1.29 is 34.6 Å². The average Bonchev–Trinajstić information content (AvgIpc) is 3.43. The molecule has 0 bridgehead atoms. The monoisotopic (exact) mass is 579 g/mol. The van der Waals surface area contributed by atoms with E-state index in [2.05, 4.69) is 4.99 Å². The molecule has 2 saturated heterocycles. The zero-order valence-electron chi connectivity index (χ0n) is 22.5. The highest BCUT2D eigenvalue weighted by Crippen LogP contribution is 2.34. The topological polar surface area (TPSA) is 200 Å². The lowest BCUT2D eigenvalue weighted by molar-refractivity contribution is -0.231. The predicted molar refractivity (Wildman–Crippen MR) is 150 cm³/mol. The van der Waals surface area contributed by atoms with Crippen LogP contribution in [-0.4, -0.2) is 102 Å². The molecule has 2 aliphatic rings. The van der Waals surface area contributed by atoms with Gasteiger partial charge in [-0.05, 0) is 41.3 Å². The lowest BCUT2D eigenvalue weighted by Gasteiger charge is -2.40. The van der Waals surface area contributed by atoms with Crippen LogP contribution < -0.4 is 16.2 Å². The van der Waals surface area contributed by atoms with Gasteiger partial charge in [-0.3, -0.25) is 5.41 Å². The molecule has 0 spiro atoms. The molecule has 0 aliphatic carbocycles. The Morgan fingerprint density at radius 2 is 1.80 bits per heavy atom. The summed E-state index contributed by atoms with van der Waals surface area (Å²) in [5.74, 6) is 0.754. The molecule has 4 rings (SSSR count). The number of halogens is 1. The smallest absolute Gasteiger partial charge is 0.220 e. The van der Waals surface area contributed by atoms with Crippen molar-refractivity contribution >= 4 is 23.5 Å². The number of benzene rings is 2. The van der Waals surface area contributed by atoms with Gasteiger partial charge in [0.15, 0.2) is 5.96 Å². The van der Waals surface area contributed by atoms with Crippen molar-refractivity contribution in [1.82, 2.24) is 4.90 Å². The third kappa shape index (κ3) is 8.51. The number of ether oxygens (including phenoxy) is 3. The Morgan fingerprint density at radius 3 is 2.35 bits per heavy atom. The molecule has 2 aromatic rings. The maximum Gasteiger partial charge on any atom is 0.220 e. The van der Waals surface area contributed by atoms with Crippen LogP contribution >= 0.6 is 11.6 Å². The maximum absolute atomic E-state index is 10.4. The van der Waals surface area contributed by atoms with Crippen molar-refractivity contribution in [2.75, 3.05) is 33.9 Å². The average molecular weight is 580 g/mol. The Labute approximate surface area is 238 Å². The number of hydrogen-bond donors (Lipinski definition) is 7. The minimum Gasteiger partial charge on any atom is -0.488 e. The largest absolute Gasteiger partial charge is 0.488 e. The Hall–Kier alpha value is -2.97. The van der Waals surface area contributed by atoms with E-state index in [9.17, 15) is 20.4 Å². The van der Waals surface area contributed by atoms with Crippen LogP contribution in [0.25, 0.3) is 0 Å². The van der Waals surface area contributed by atoms with Gasteiger partial charge in [-0.25, -0.2) is 0 Å². The van der Waals surface area contributed by atoms with Crippen molar-refractivity contribution in [3.05, 3.63) is 64.2 Å². The molecule has 40 heavy (non-hydrogen) atoms. The molecule has 12 nitrogen and oxygen atoms in total. The summed E-state index contributed by atoms with van der Waals surface area (Å²) in [6.07, 6.45) is -4.46. The van der Waals surface area contributed by atoms with E-state index in [1.54, 1.807) is 26.2 Å². The molecule has 2 heterocycles. The van der Waals surface area contributed by atoms with E-state index in [1.807, 2.05) is 30.3 Å². The Balaban J connectivity index is 0.000000424. The van der Waals surface area contributed by atoms with Crippen molar-refractivity contribution in [2.24, 2.45) is 16.5 Å². The second-order valence-electron chi connectivity index (χ2n) is 9.78. The highest BCUT2D eigenvalue weighted by molar-refractivity contribution is 6.31. The zero-order valence-corrected chi connectivity index (χ0v) is 23.2. The van der Waals surface area contributed by atoms with Gasteiger partial charge in [0, 0.05) is 25.5 Å². The Bertz CT molecular complexity index is 1140. The summed E-state index contributed by atoms with van der Waals surface area (Å²) >= 11 is 6.40. The fourth-order valence-electron chi connectivity index (χ4n) is 4.21. The highest BCUT2D eigenvalue weighted by Gasteiger charge is 2.44. The molecule has 2 fully saturated rings. The van der Waals surface area contributed by atoms with E-state index in [-0.39, 0.29) is 18.0 Å². The number of nitrogens with zero attached hydrogens (tertiary/aromatic N) is 2. The number of guanidine groups is 2. The predicted octanol–water partition coefficient (Wildman–Crippen LogP) is 0.370. The van der Waals surface area contributed by atoms with Crippen molar-refractivity contribution in [2.45, 2.75) is 49.5 Å². The Morgan fingerprint density at radius 1 is 1.10 bits per heavy atom. The molecule has 2 aromatic carbocycles. The Kier molecular flexibility index (Phi) is 11.5. The third-order valence-electron chi connectivity index (χ3n) is 6.46. The van der Waals surface area contributed by atoms with E-state index in [1.165, 1.54) is 4.90 Å². The molecule has 0 radical (unpaired) electrons. The number of aliphatic hydroxyl groups is 4. The first-order valence-electron chi connectivity index (χ1n) is 12.8. The van der Waals surface area contributed by atoms with Gasteiger partial charge in [-0.1, -0.05) is 35.9 Å². The number of nitrogens with two attached hydrogens (primary N) is 2. The second kappa shape index (κ2) is 14.6. The van der Waals surface area contributed by atoms with E-state index in [4.69, 9.17) is 42.7 Å². The molecule has 0 amide bonds. The second-order valence-corrected chi connectivity index (χ2v) is 10.2. The number of rotatable bonds is 6. The van der Waals surface area contributed by atoms with Crippen molar-refractivity contribution in [3.63, 3.8) is 0 Å². The SMILES string of the molecule is CN(C)C(=N)N=C(N)N.OC[C@H]1O[C@@H](c2ccc(Cl)c(Cc3ccc(O[C@H]4CCOC4)cc3)c2)[C@H](O)[C@@H](O)[C@@H]1O. The number of hydrogen-bond acceptors (Lipinski definition) is 8.